The van der Waals surface area contributed by atoms with E-state index >= 15 is 0 Å². The molecule has 1 rings (SSSR count). The summed E-state index contributed by atoms with van der Waals surface area (Å²) in [5.74, 6) is 0.759. The van der Waals surface area contributed by atoms with Crippen molar-refractivity contribution in [2.24, 2.45) is 0 Å². The summed E-state index contributed by atoms with van der Waals surface area (Å²) in [6.45, 7) is 3.73. The Labute approximate surface area is 124 Å². The Morgan fingerprint density at radius 3 is 2.65 bits per heavy atom. The van der Waals surface area contributed by atoms with E-state index in [1.165, 1.54) is 17.8 Å². The number of nitrogens with one attached hydrogen (secondary N) is 1. The monoisotopic (exact) mass is 319 g/mol. The maximum Gasteiger partial charge on any atom is 0.244 e. The van der Waals surface area contributed by atoms with Crippen LogP contribution in [0.1, 0.15) is 13.8 Å². The van der Waals surface area contributed by atoms with Gasteiger partial charge >= 0.3 is 0 Å². The molecule has 0 aliphatic carbocycles. The van der Waals surface area contributed by atoms with E-state index in [1.807, 2.05) is 6.26 Å². The summed E-state index contributed by atoms with van der Waals surface area (Å²) in [5, 5.41) is 10.0. The SMILES string of the molecule is CCOc1ccccc1S(=O)(=O)NCC(C)(O)CSC. The highest BCUT2D eigenvalue weighted by molar-refractivity contribution is 7.98. The fourth-order valence-electron chi connectivity index (χ4n) is 1.64. The van der Waals surface area contributed by atoms with Gasteiger partial charge in [-0.05, 0) is 32.2 Å². The Bertz CT molecular complexity index is 529. The standard InChI is InChI=1S/C13H21NO4S2/c1-4-18-11-7-5-6-8-12(11)20(16,17)14-9-13(2,15)10-19-3/h5-8,14-15H,4,9-10H2,1-3H3. The largest absolute Gasteiger partial charge is 0.492 e. The molecule has 5 nitrogen and oxygen atoms in total. The van der Waals surface area contributed by atoms with E-state index in [-0.39, 0.29) is 11.4 Å². The van der Waals surface area contributed by atoms with Crippen molar-refractivity contribution in [1.29, 1.82) is 0 Å². The second kappa shape index (κ2) is 7.31. The Hall–Kier alpha value is -0.760. The minimum atomic E-state index is -3.71. The second-order valence-electron chi connectivity index (χ2n) is 4.63. The number of sulfonamides is 1. The lowest BCUT2D eigenvalue weighted by Gasteiger charge is -2.22. The molecule has 0 saturated heterocycles. The van der Waals surface area contributed by atoms with Gasteiger partial charge < -0.3 is 9.84 Å². The van der Waals surface area contributed by atoms with E-state index in [1.54, 1.807) is 32.0 Å². The lowest BCUT2D eigenvalue weighted by molar-refractivity contribution is 0.0908. The first kappa shape index (κ1) is 17.3. The van der Waals surface area contributed by atoms with E-state index in [0.717, 1.165) is 0 Å². The van der Waals surface area contributed by atoms with Crippen molar-refractivity contribution >= 4 is 21.8 Å². The molecular weight excluding hydrogens is 298 g/mol. The normalized spacial score (nSPS) is 14.8. The van der Waals surface area contributed by atoms with Gasteiger partial charge in [0.1, 0.15) is 10.6 Å². The molecular formula is C13H21NO4S2. The Morgan fingerprint density at radius 1 is 1.40 bits per heavy atom. The zero-order chi connectivity index (χ0) is 15.2. The van der Waals surface area contributed by atoms with Gasteiger partial charge in [0.15, 0.2) is 0 Å². The molecule has 0 aromatic heterocycles. The smallest absolute Gasteiger partial charge is 0.244 e. The van der Waals surface area contributed by atoms with Crippen LogP contribution < -0.4 is 9.46 Å². The van der Waals surface area contributed by atoms with Crippen LogP contribution in [0.25, 0.3) is 0 Å². The van der Waals surface area contributed by atoms with Crippen molar-refractivity contribution in [3.8, 4) is 5.75 Å². The summed E-state index contributed by atoms with van der Waals surface area (Å²) >= 11 is 1.46. The summed E-state index contributed by atoms with van der Waals surface area (Å²) < 4.78 is 32.3. The topological polar surface area (TPSA) is 75.6 Å². The molecule has 0 heterocycles. The molecule has 1 aromatic carbocycles. The summed E-state index contributed by atoms with van der Waals surface area (Å²) in [5.41, 5.74) is -1.09. The van der Waals surface area contributed by atoms with Crippen LogP contribution in [0.5, 0.6) is 5.75 Å². The molecule has 0 bridgehead atoms. The fourth-order valence-corrected chi connectivity index (χ4v) is 3.67. The van der Waals surface area contributed by atoms with Crippen LogP contribution in [0, 0.1) is 0 Å². The fraction of sp³-hybridized carbons (Fsp3) is 0.538. The summed E-state index contributed by atoms with van der Waals surface area (Å²) in [4.78, 5) is 0.0850. The third-order valence-electron chi connectivity index (χ3n) is 2.54. The highest BCUT2D eigenvalue weighted by atomic mass is 32.2. The van der Waals surface area contributed by atoms with Crippen molar-refractivity contribution in [2.45, 2.75) is 24.3 Å². The molecule has 0 saturated carbocycles. The van der Waals surface area contributed by atoms with Crippen LogP contribution in [-0.2, 0) is 10.0 Å². The van der Waals surface area contributed by atoms with Gasteiger partial charge in [-0.1, -0.05) is 12.1 Å². The predicted molar refractivity (Wildman–Crippen MR) is 81.8 cm³/mol. The summed E-state index contributed by atoms with van der Waals surface area (Å²) in [7, 11) is -3.71. The molecule has 0 amide bonds. The van der Waals surface area contributed by atoms with Gasteiger partial charge in [0.25, 0.3) is 0 Å². The molecule has 0 radical (unpaired) electrons. The summed E-state index contributed by atoms with van der Waals surface area (Å²) in [6.07, 6.45) is 1.85. The highest BCUT2D eigenvalue weighted by Crippen LogP contribution is 2.23. The Balaban J connectivity index is 2.89. The van der Waals surface area contributed by atoms with Crippen LogP contribution in [0.3, 0.4) is 0 Å². The average Bonchev–Trinajstić information content (AvgIpc) is 2.38. The quantitative estimate of drug-likeness (QED) is 0.759. The van der Waals surface area contributed by atoms with Gasteiger partial charge in [-0.3, -0.25) is 0 Å². The molecule has 7 heteroatoms. The van der Waals surface area contributed by atoms with Crippen molar-refractivity contribution < 1.29 is 18.3 Å². The van der Waals surface area contributed by atoms with Gasteiger partial charge in [0.05, 0.1) is 12.2 Å². The highest BCUT2D eigenvalue weighted by Gasteiger charge is 2.25. The van der Waals surface area contributed by atoms with Gasteiger partial charge in [0.2, 0.25) is 10.0 Å². The molecule has 0 aliphatic heterocycles. The molecule has 114 valence electrons. The van der Waals surface area contributed by atoms with Crippen molar-refractivity contribution in [3.05, 3.63) is 24.3 Å². The maximum absolute atomic E-state index is 12.3. The zero-order valence-corrected chi connectivity index (χ0v) is 13.6. The number of para-hydroxylation sites is 1. The molecule has 0 aliphatic rings. The van der Waals surface area contributed by atoms with Gasteiger partial charge in [-0.15, -0.1) is 0 Å². The maximum atomic E-state index is 12.3. The number of rotatable bonds is 8. The van der Waals surface area contributed by atoms with Crippen LogP contribution in [0.15, 0.2) is 29.2 Å². The lowest BCUT2D eigenvalue weighted by atomic mass is 10.1. The minimum absolute atomic E-state index is 0.0450. The Morgan fingerprint density at radius 2 is 2.05 bits per heavy atom. The number of hydrogen-bond acceptors (Lipinski definition) is 5. The van der Waals surface area contributed by atoms with Crippen LogP contribution >= 0.6 is 11.8 Å². The Kier molecular flexibility index (Phi) is 6.32. The first-order valence-corrected chi connectivity index (χ1v) is 9.13. The predicted octanol–water partition coefficient (Wildman–Crippen LogP) is 1.48. The van der Waals surface area contributed by atoms with Gasteiger partial charge in [-0.25, -0.2) is 13.1 Å². The average molecular weight is 319 g/mol. The van der Waals surface area contributed by atoms with Crippen LogP contribution in [-0.4, -0.2) is 44.3 Å². The van der Waals surface area contributed by atoms with E-state index in [4.69, 9.17) is 4.74 Å². The van der Waals surface area contributed by atoms with Crippen LogP contribution in [0.2, 0.25) is 0 Å². The molecule has 1 atom stereocenters. The number of aliphatic hydroxyl groups is 1. The van der Waals surface area contributed by atoms with E-state index in [9.17, 15) is 13.5 Å². The molecule has 2 N–H and O–H groups in total. The zero-order valence-electron chi connectivity index (χ0n) is 11.9. The van der Waals surface area contributed by atoms with Crippen molar-refractivity contribution in [3.63, 3.8) is 0 Å². The molecule has 0 fully saturated rings. The molecule has 1 unspecified atom stereocenters. The third-order valence-corrected chi connectivity index (χ3v) is 4.89. The number of thioether (sulfide) groups is 1. The minimum Gasteiger partial charge on any atom is -0.492 e. The van der Waals surface area contributed by atoms with E-state index in [2.05, 4.69) is 4.72 Å². The number of benzene rings is 1. The summed E-state index contributed by atoms with van der Waals surface area (Å²) in [6, 6.07) is 6.44. The second-order valence-corrected chi connectivity index (χ2v) is 7.24. The van der Waals surface area contributed by atoms with Gasteiger partial charge in [0, 0.05) is 12.3 Å². The third kappa shape index (κ3) is 4.97. The van der Waals surface area contributed by atoms with Crippen LogP contribution in [0.4, 0.5) is 0 Å². The van der Waals surface area contributed by atoms with E-state index < -0.39 is 15.6 Å². The molecule has 0 spiro atoms. The number of ether oxygens (including phenoxy) is 1. The first-order valence-electron chi connectivity index (χ1n) is 6.25. The molecule has 20 heavy (non-hydrogen) atoms. The van der Waals surface area contributed by atoms with Gasteiger partial charge in [-0.2, -0.15) is 11.8 Å². The first-order chi connectivity index (χ1) is 9.32. The van der Waals surface area contributed by atoms with Crippen molar-refractivity contribution in [2.75, 3.05) is 25.2 Å². The number of hydrogen-bond donors (Lipinski definition) is 2. The van der Waals surface area contributed by atoms with E-state index in [0.29, 0.717) is 18.1 Å². The van der Waals surface area contributed by atoms with Crippen molar-refractivity contribution in [1.82, 2.24) is 4.72 Å². The lowest BCUT2D eigenvalue weighted by Crippen LogP contribution is -2.42. The molecule has 1 aromatic rings.